The average molecular weight is 257 g/mol. The number of nitrogens with zero attached hydrogens (tertiary/aromatic N) is 1. The largest absolute Gasteiger partial charge is 0.481 e. The summed E-state index contributed by atoms with van der Waals surface area (Å²) in [5.74, 6) is -0.491. The molecule has 2 fully saturated rings. The summed E-state index contributed by atoms with van der Waals surface area (Å²) in [6, 6.07) is 0. The lowest BCUT2D eigenvalue weighted by molar-refractivity contribution is -0.149. The maximum absolute atomic E-state index is 12.3. The molecular formula is C12H19NO3S. The summed E-state index contributed by atoms with van der Waals surface area (Å²) in [7, 11) is 0. The maximum atomic E-state index is 12.3. The molecule has 1 unspecified atom stereocenters. The van der Waals surface area contributed by atoms with Crippen LogP contribution in [0.4, 0.5) is 0 Å². The monoisotopic (exact) mass is 257 g/mol. The van der Waals surface area contributed by atoms with Crippen LogP contribution in [0, 0.1) is 11.8 Å². The van der Waals surface area contributed by atoms with E-state index < -0.39 is 11.9 Å². The Bertz CT molecular complexity index is 321. The Labute approximate surface area is 106 Å². The van der Waals surface area contributed by atoms with Crippen molar-refractivity contribution in [3.63, 3.8) is 0 Å². The lowest BCUT2D eigenvalue weighted by atomic mass is 9.94. The maximum Gasteiger partial charge on any atom is 0.307 e. The number of rotatable bonds is 2. The van der Waals surface area contributed by atoms with Crippen LogP contribution in [0.2, 0.25) is 0 Å². The van der Waals surface area contributed by atoms with Gasteiger partial charge >= 0.3 is 5.97 Å². The number of amides is 1. The number of thioether (sulfide) groups is 1. The predicted octanol–water partition coefficient (Wildman–Crippen LogP) is 1.45. The molecule has 3 atom stereocenters. The molecule has 0 bridgehead atoms. The molecular weight excluding hydrogens is 238 g/mol. The molecule has 1 aliphatic carbocycles. The normalized spacial score (nSPS) is 33.7. The Balaban J connectivity index is 2.01. The van der Waals surface area contributed by atoms with Crippen LogP contribution in [0.3, 0.4) is 0 Å². The Kier molecular flexibility index (Phi) is 3.97. The summed E-state index contributed by atoms with van der Waals surface area (Å²) in [4.78, 5) is 25.3. The van der Waals surface area contributed by atoms with Gasteiger partial charge in [-0.2, -0.15) is 11.8 Å². The molecule has 1 saturated carbocycles. The van der Waals surface area contributed by atoms with Gasteiger partial charge < -0.3 is 10.0 Å². The number of carboxylic acid groups (broad SMARTS) is 1. The van der Waals surface area contributed by atoms with E-state index in [1.165, 1.54) is 0 Å². The number of carboxylic acids is 1. The smallest absolute Gasteiger partial charge is 0.307 e. The van der Waals surface area contributed by atoms with Crippen molar-refractivity contribution in [2.75, 3.05) is 18.8 Å². The van der Waals surface area contributed by atoms with Gasteiger partial charge in [0.15, 0.2) is 0 Å². The van der Waals surface area contributed by atoms with E-state index >= 15 is 0 Å². The standard InChI is InChI=1S/C12H19NO3S/c1-8-7-13(5-6-17-8)11(14)9-3-2-4-10(9)12(15)16/h8-10H,2-7H2,1H3,(H,15,16)/t8?,9-,10+/m1/s1. The second-order valence-electron chi connectivity index (χ2n) is 4.95. The Morgan fingerprint density at radius 3 is 2.65 bits per heavy atom. The number of hydrogen-bond acceptors (Lipinski definition) is 3. The predicted molar refractivity (Wildman–Crippen MR) is 67.0 cm³/mol. The fraction of sp³-hybridized carbons (Fsp3) is 0.833. The Morgan fingerprint density at radius 1 is 1.29 bits per heavy atom. The third-order valence-electron chi connectivity index (χ3n) is 3.70. The van der Waals surface area contributed by atoms with Crippen LogP contribution in [0.1, 0.15) is 26.2 Å². The lowest BCUT2D eigenvalue weighted by Crippen LogP contribution is -2.45. The van der Waals surface area contributed by atoms with E-state index in [1.54, 1.807) is 0 Å². The lowest BCUT2D eigenvalue weighted by Gasteiger charge is -2.33. The molecule has 4 nitrogen and oxygen atoms in total. The average Bonchev–Trinajstić information content (AvgIpc) is 2.77. The summed E-state index contributed by atoms with van der Waals surface area (Å²) in [6.45, 7) is 3.66. The third-order valence-corrected chi connectivity index (χ3v) is 4.84. The van der Waals surface area contributed by atoms with Crippen molar-refractivity contribution in [2.24, 2.45) is 11.8 Å². The first kappa shape index (κ1) is 12.7. The number of hydrogen-bond donors (Lipinski definition) is 1. The Morgan fingerprint density at radius 2 is 2.00 bits per heavy atom. The zero-order valence-electron chi connectivity index (χ0n) is 10.1. The van der Waals surface area contributed by atoms with Gasteiger partial charge in [-0.25, -0.2) is 0 Å². The van der Waals surface area contributed by atoms with E-state index in [9.17, 15) is 9.59 Å². The topological polar surface area (TPSA) is 57.6 Å². The molecule has 1 saturated heterocycles. The third kappa shape index (κ3) is 2.76. The van der Waals surface area contributed by atoms with Crippen LogP contribution < -0.4 is 0 Å². The first-order chi connectivity index (χ1) is 8.09. The minimum Gasteiger partial charge on any atom is -0.481 e. The molecule has 17 heavy (non-hydrogen) atoms. The van der Waals surface area contributed by atoms with Gasteiger partial charge in [0, 0.05) is 24.1 Å². The van der Waals surface area contributed by atoms with E-state index in [0.717, 1.165) is 31.7 Å². The van der Waals surface area contributed by atoms with Crippen LogP contribution >= 0.6 is 11.8 Å². The zero-order chi connectivity index (χ0) is 12.4. The van der Waals surface area contributed by atoms with Gasteiger partial charge in [0.2, 0.25) is 5.91 Å². The second kappa shape index (κ2) is 5.29. The first-order valence-electron chi connectivity index (χ1n) is 6.23. The van der Waals surface area contributed by atoms with E-state index in [0.29, 0.717) is 11.7 Å². The van der Waals surface area contributed by atoms with Gasteiger partial charge in [-0.05, 0) is 12.8 Å². The number of aliphatic carboxylic acids is 1. The minimum absolute atomic E-state index is 0.0713. The van der Waals surface area contributed by atoms with Gasteiger partial charge in [-0.3, -0.25) is 9.59 Å². The van der Waals surface area contributed by atoms with Crippen molar-refractivity contribution in [1.29, 1.82) is 0 Å². The van der Waals surface area contributed by atoms with E-state index in [4.69, 9.17) is 5.11 Å². The highest BCUT2D eigenvalue weighted by atomic mass is 32.2. The van der Waals surface area contributed by atoms with Crippen LogP contribution in [-0.4, -0.2) is 46.0 Å². The van der Waals surface area contributed by atoms with Gasteiger partial charge in [-0.15, -0.1) is 0 Å². The van der Waals surface area contributed by atoms with E-state index in [-0.39, 0.29) is 11.8 Å². The molecule has 2 rings (SSSR count). The first-order valence-corrected chi connectivity index (χ1v) is 7.27. The van der Waals surface area contributed by atoms with Gasteiger partial charge in [0.1, 0.15) is 0 Å². The van der Waals surface area contributed by atoms with Gasteiger partial charge in [0.25, 0.3) is 0 Å². The summed E-state index contributed by atoms with van der Waals surface area (Å²) < 4.78 is 0. The molecule has 0 spiro atoms. The van der Waals surface area contributed by atoms with Crippen LogP contribution in [-0.2, 0) is 9.59 Å². The van der Waals surface area contributed by atoms with Crippen molar-refractivity contribution in [2.45, 2.75) is 31.4 Å². The second-order valence-corrected chi connectivity index (χ2v) is 6.49. The molecule has 0 aromatic heterocycles. The number of carbonyl (C=O) groups excluding carboxylic acids is 1. The summed E-state index contributed by atoms with van der Waals surface area (Å²) in [5, 5.41) is 9.58. The van der Waals surface area contributed by atoms with Crippen molar-refractivity contribution < 1.29 is 14.7 Å². The van der Waals surface area contributed by atoms with E-state index in [1.807, 2.05) is 16.7 Å². The highest BCUT2D eigenvalue weighted by Gasteiger charge is 2.40. The molecule has 0 aromatic carbocycles. The molecule has 1 amide bonds. The molecule has 1 aliphatic heterocycles. The van der Waals surface area contributed by atoms with Crippen molar-refractivity contribution in [3.8, 4) is 0 Å². The van der Waals surface area contributed by atoms with Gasteiger partial charge in [0.05, 0.1) is 11.8 Å². The van der Waals surface area contributed by atoms with E-state index in [2.05, 4.69) is 6.92 Å². The molecule has 0 aromatic rings. The Hall–Kier alpha value is -0.710. The van der Waals surface area contributed by atoms with Crippen LogP contribution in [0.25, 0.3) is 0 Å². The van der Waals surface area contributed by atoms with Crippen LogP contribution in [0.5, 0.6) is 0 Å². The van der Waals surface area contributed by atoms with Gasteiger partial charge in [-0.1, -0.05) is 13.3 Å². The molecule has 96 valence electrons. The summed E-state index contributed by atoms with van der Waals surface area (Å²) in [6.07, 6.45) is 2.27. The highest BCUT2D eigenvalue weighted by molar-refractivity contribution is 7.99. The molecule has 2 aliphatic rings. The van der Waals surface area contributed by atoms with Crippen molar-refractivity contribution >= 4 is 23.6 Å². The quantitative estimate of drug-likeness (QED) is 0.813. The summed E-state index contributed by atoms with van der Waals surface area (Å²) >= 11 is 1.88. The zero-order valence-corrected chi connectivity index (χ0v) is 10.9. The fourth-order valence-corrected chi connectivity index (χ4v) is 3.82. The van der Waals surface area contributed by atoms with Crippen molar-refractivity contribution in [1.82, 2.24) is 4.90 Å². The molecule has 0 radical (unpaired) electrons. The fourth-order valence-electron chi connectivity index (χ4n) is 2.80. The number of carbonyl (C=O) groups is 2. The molecule has 1 N–H and O–H groups in total. The van der Waals surface area contributed by atoms with Crippen LogP contribution in [0.15, 0.2) is 0 Å². The minimum atomic E-state index is -0.805. The van der Waals surface area contributed by atoms with Crippen molar-refractivity contribution in [3.05, 3.63) is 0 Å². The molecule has 1 heterocycles. The SMILES string of the molecule is CC1CN(C(=O)[C@@H]2CCC[C@@H]2C(=O)O)CCS1. The highest BCUT2D eigenvalue weighted by Crippen LogP contribution is 2.34. The summed E-state index contributed by atoms with van der Waals surface area (Å²) in [5.41, 5.74) is 0. The molecule has 5 heteroatoms.